The minimum atomic E-state index is -0.250. The van der Waals surface area contributed by atoms with Crippen molar-refractivity contribution in [2.24, 2.45) is 0 Å². The van der Waals surface area contributed by atoms with Crippen LogP contribution < -0.4 is 5.73 Å². The van der Waals surface area contributed by atoms with Crippen LogP contribution in [-0.4, -0.2) is 21.9 Å². The van der Waals surface area contributed by atoms with Crippen LogP contribution in [0.2, 0.25) is 0 Å². The highest BCUT2D eigenvalue weighted by Gasteiger charge is 2.06. The van der Waals surface area contributed by atoms with Gasteiger partial charge in [-0.15, -0.1) is 0 Å². The van der Waals surface area contributed by atoms with Crippen molar-refractivity contribution >= 4 is 17.6 Å². The molecule has 0 aliphatic rings. The second-order valence-electron chi connectivity index (χ2n) is 5.10. The molecule has 0 amide bonds. The van der Waals surface area contributed by atoms with Gasteiger partial charge in [-0.25, -0.2) is 9.97 Å². The SMILES string of the molecule is CC.CCF.Cc1ccc(-c2nc(N)cc(CSC(C)C)n2)cc1. The lowest BCUT2D eigenvalue weighted by atomic mass is 10.1. The van der Waals surface area contributed by atoms with Gasteiger partial charge in [0.2, 0.25) is 0 Å². The number of rotatable bonds is 4. The standard InChI is InChI=1S/C15H19N3S.C2H5F.C2H6/c1-10(2)19-9-13-8-14(16)18-15(17-13)12-6-4-11(3)5-7-12;1-2-3;1-2/h4-8,10H,9H2,1-3H3,(H2,16,17,18);2H2,1H3;1-2H3. The molecule has 3 nitrogen and oxygen atoms in total. The normalized spacial score (nSPS) is 9.67. The molecule has 0 spiro atoms. The molecule has 2 aromatic rings. The number of hydrogen-bond donors (Lipinski definition) is 1. The third-order valence-electron chi connectivity index (χ3n) is 2.67. The van der Waals surface area contributed by atoms with Gasteiger partial charge in [0, 0.05) is 17.4 Å². The number of nitrogen functional groups attached to an aromatic ring is 1. The first-order chi connectivity index (χ1) is 11.5. The zero-order valence-corrected chi connectivity index (χ0v) is 16.5. The van der Waals surface area contributed by atoms with E-state index in [4.69, 9.17) is 5.73 Å². The van der Waals surface area contributed by atoms with Gasteiger partial charge in [0.25, 0.3) is 0 Å². The second-order valence-corrected chi connectivity index (χ2v) is 6.67. The first kappa shape index (κ1) is 22.4. The Hall–Kier alpha value is -1.62. The maximum atomic E-state index is 10.3. The monoisotopic (exact) mass is 351 g/mol. The average Bonchev–Trinajstić information content (AvgIpc) is 2.56. The molecule has 0 saturated heterocycles. The van der Waals surface area contributed by atoms with Gasteiger partial charge in [0.05, 0.1) is 12.4 Å². The molecule has 0 aliphatic carbocycles. The third kappa shape index (κ3) is 8.87. The van der Waals surface area contributed by atoms with Crippen molar-refractivity contribution < 1.29 is 4.39 Å². The molecule has 0 saturated carbocycles. The second kappa shape index (κ2) is 12.8. The summed E-state index contributed by atoms with van der Waals surface area (Å²) in [5, 5.41) is 0.582. The summed E-state index contributed by atoms with van der Waals surface area (Å²) in [6.45, 7) is 11.6. The predicted octanol–water partition coefficient (Wildman–Crippen LogP) is 5.68. The van der Waals surface area contributed by atoms with Crippen LogP contribution >= 0.6 is 11.8 Å². The summed E-state index contributed by atoms with van der Waals surface area (Å²) < 4.78 is 10.3. The van der Waals surface area contributed by atoms with Gasteiger partial charge in [0.15, 0.2) is 5.82 Å². The van der Waals surface area contributed by atoms with Gasteiger partial charge < -0.3 is 5.73 Å². The molecule has 0 fully saturated rings. The molecule has 24 heavy (non-hydrogen) atoms. The van der Waals surface area contributed by atoms with E-state index < -0.39 is 0 Å². The highest BCUT2D eigenvalue weighted by atomic mass is 32.2. The quantitative estimate of drug-likeness (QED) is 0.770. The lowest BCUT2D eigenvalue weighted by Gasteiger charge is -2.07. The van der Waals surface area contributed by atoms with E-state index in [2.05, 4.69) is 42.9 Å². The summed E-state index contributed by atoms with van der Waals surface area (Å²) in [5.74, 6) is 2.10. The number of nitrogens with two attached hydrogens (primary N) is 1. The van der Waals surface area contributed by atoms with Crippen LogP contribution in [0.3, 0.4) is 0 Å². The summed E-state index contributed by atoms with van der Waals surface area (Å²) in [4.78, 5) is 8.91. The summed E-state index contributed by atoms with van der Waals surface area (Å²) in [6, 6.07) is 10.0. The lowest BCUT2D eigenvalue weighted by Crippen LogP contribution is -2.00. The predicted molar refractivity (Wildman–Crippen MR) is 106 cm³/mol. The molecule has 0 atom stereocenters. The van der Waals surface area contributed by atoms with Crippen LogP contribution in [0.5, 0.6) is 0 Å². The number of halogens is 1. The molecule has 2 N–H and O–H groups in total. The smallest absolute Gasteiger partial charge is 0.161 e. The van der Waals surface area contributed by atoms with Crippen molar-refractivity contribution in [2.75, 3.05) is 12.4 Å². The summed E-state index contributed by atoms with van der Waals surface area (Å²) >= 11 is 1.85. The fourth-order valence-electron chi connectivity index (χ4n) is 1.68. The Labute approximate surface area is 150 Å². The molecule has 134 valence electrons. The van der Waals surface area contributed by atoms with Crippen LogP contribution in [-0.2, 0) is 5.75 Å². The average molecular weight is 352 g/mol. The number of benzene rings is 1. The van der Waals surface area contributed by atoms with Gasteiger partial charge in [-0.3, -0.25) is 4.39 Å². The Kier molecular flexibility index (Phi) is 11.9. The van der Waals surface area contributed by atoms with Crippen molar-refractivity contribution in [3.8, 4) is 11.4 Å². The number of anilines is 1. The number of aromatic nitrogens is 2. The maximum absolute atomic E-state index is 10.3. The highest BCUT2D eigenvalue weighted by Crippen LogP contribution is 2.21. The first-order valence-electron chi connectivity index (χ1n) is 8.34. The fraction of sp³-hybridized carbons (Fsp3) is 0.474. The molecule has 0 unspecified atom stereocenters. The van der Waals surface area contributed by atoms with Crippen LogP contribution in [0, 0.1) is 6.92 Å². The van der Waals surface area contributed by atoms with Gasteiger partial charge >= 0.3 is 0 Å². The molecule has 0 aliphatic heterocycles. The van der Waals surface area contributed by atoms with E-state index in [1.54, 1.807) is 0 Å². The summed E-state index contributed by atoms with van der Waals surface area (Å²) in [5.41, 5.74) is 9.09. The van der Waals surface area contributed by atoms with Crippen molar-refractivity contribution in [3.05, 3.63) is 41.6 Å². The number of alkyl halides is 1. The topological polar surface area (TPSA) is 51.8 Å². The Morgan fingerprint density at radius 2 is 1.67 bits per heavy atom. The molecular weight excluding hydrogens is 321 g/mol. The van der Waals surface area contributed by atoms with E-state index in [1.165, 1.54) is 12.5 Å². The largest absolute Gasteiger partial charge is 0.384 e. The summed E-state index contributed by atoms with van der Waals surface area (Å²) in [7, 11) is 0. The van der Waals surface area contributed by atoms with Gasteiger partial charge in [-0.05, 0) is 19.1 Å². The molecule has 2 rings (SSSR count). The van der Waals surface area contributed by atoms with Gasteiger partial charge in [-0.1, -0.05) is 57.5 Å². The van der Waals surface area contributed by atoms with Crippen molar-refractivity contribution in [1.29, 1.82) is 0 Å². The maximum Gasteiger partial charge on any atom is 0.161 e. The highest BCUT2D eigenvalue weighted by molar-refractivity contribution is 7.99. The molecule has 5 heteroatoms. The number of thioether (sulfide) groups is 1. The fourth-order valence-corrected chi connectivity index (χ4v) is 2.33. The minimum absolute atomic E-state index is 0.250. The molecule has 1 aromatic heterocycles. The Balaban J connectivity index is 0.000000952. The van der Waals surface area contributed by atoms with Crippen LogP contribution in [0.25, 0.3) is 11.4 Å². The first-order valence-corrected chi connectivity index (χ1v) is 9.39. The molecule has 0 radical (unpaired) electrons. The van der Waals surface area contributed by atoms with E-state index in [0.717, 1.165) is 17.0 Å². The molecule has 1 heterocycles. The molecule has 1 aromatic carbocycles. The Bertz CT molecular complexity index is 571. The zero-order chi connectivity index (χ0) is 18.5. The van der Waals surface area contributed by atoms with E-state index in [1.807, 2.05) is 43.8 Å². The number of nitrogens with zero attached hydrogens (tertiary/aromatic N) is 2. The Morgan fingerprint density at radius 3 is 2.17 bits per heavy atom. The van der Waals surface area contributed by atoms with E-state index in [9.17, 15) is 4.39 Å². The van der Waals surface area contributed by atoms with E-state index >= 15 is 0 Å². The number of hydrogen-bond acceptors (Lipinski definition) is 4. The lowest BCUT2D eigenvalue weighted by molar-refractivity contribution is 0.527. The van der Waals surface area contributed by atoms with Crippen LogP contribution in [0.15, 0.2) is 30.3 Å². The van der Waals surface area contributed by atoms with Crippen LogP contribution in [0.1, 0.15) is 45.9 Å². The van der Waals surface area contributed by atoms with Crippen molar-refractivity contribution in [3.63, 3.8) is 0 Å². The van der Waals surface area contributed by atoms with Crippen LogP contribution in [0.4, 0.5) is 10.2 Å². The summed E-state index contributed by atoms with van der Waals surface area (Å²) in [6.07, 6.45) is 0. The van der Waals surface area contributed by atoms with Gasteiger partial charge in [-0.2, -0.15) is 11.8 Å². The van der Waals surface area contributed by atoms with Gasteiger partial charge in [0.1, 0.15) is 5.82 Å². The molecular formula is C19H30FN3S. The van der Waals surface area contributed by atoms with E-state index in [-0.39, 0.29) is 6.67 Å². The minimum Gasteiger partial charge on any atom is -0.384 e. The Morgan fingerprint density at radius 1 is 1.12 bits per heavy atom. The zero-order valence-electron chi connectivity index (χ0n) is 15.6. The van der Waals surface area contributed by atoms with E-state index in [0.29, 0.717) is 16.9 Å². The van der Waals surface area contributed by atoms with Crippen molar-refractivity contribution in [1.82, 2.24) is 9.97 Å². The molecule has 0 bridgehead atoms. The third-order valence-corrected chi connectivity index (χ3v) is 3.80. The van der Waals surface area contributed by atoms with Crippen molar-refractivity contribution in [2.45, 2.75) is 52.5 Å². The number of aryl methyl sites for hydroxylation is 1.